The number of aromatic nitrogens is 2. The molecule has 3 nitrogen and oxygen atoms in total. The van der Waals surface area contributed by atoms with E-state index in [0.717, 1.165) is 22.2 Å². The van der Waals surface area contributed by atoms with Crippen molar-refractivity contribution < 1.29 is 0 Å². The van der Waals surface area contributed by atoms with Crippen molar-refractivity contribution in [2.24, 2.45) is 0 Å². The summed E-state index contributed by atoms with van der Waals surface area (Å²) in [6.45, 7) is 3.93. The standard InChI is InChI=1S/C8H13N3S/c1-5-7(9-3)10-6(2)11-8(5)12-4/h1-4H3,(H,9,10,11). The second-order valence-electron chi connectivity index (χ2n) is 2.50. The van der Waals surface area contributed by atoms with Gasteiger partial charge in [0.15, 0.2) is 0 Å². The van der Waals surface area contributed by atoms with E-state index < -0.39 is 0 Å². The van der Waals surface area contributed by atoms with E-state index in [4.69, 9.17) is 0 Å². The largest absolute Gasteiger partial charge is 0.373 e. The van der Waals surface area contributed by atoms with Crippen LogP contribution in [0, 0.1) is 13.8 Å². The quantitative estimate of drug-likeness (QED) is 0.561. The molecule has 0 spiro atoms. The summed E-state index contributed by atoms with van der Waals surface area (Å²) in [6.07, 6.45) is 2.02. The SMILES string of the molecule is CNc1nc(C)nc(SC)c1C. The molecule has 0 unspecified atom stereocenters. The minimum atomic E-state index is 0.814. The number of nitrogens with one attached hydrogen (secondary N) is 1. The average molecular weight is 183 g/mol. The Morgan fingerprint density at radius 3 is 2.42 bits per heavy atom. The highest BCUT2D eigenvalue weighted by Gasteiger charge is 2.05. The van der Waals surface area contributed by atoms with Crippen LogP contribution in [0.4, 0.5) is 5.82 Å². The van der Waals surface area contributed by atoms with Crippen molar-refractivity contribution in [2.75, 3.05) is 18.6 Å². The Morgan fingerprint density at radius 2 is 1.92 bits per heavy atom. The molecule has 0 fully saturated rings. The normalized spacial score (nSPS) is 10.0. The molecule has 66 valence electrons. The summed E-state index contributed by atoms with van der Waals surface area (Å²) in [7, 11) is 1.87. The van der Waals surface area contributed by atoms with E-state index in [1.165, 1.54) is 0 Å². The van der Waals surface area contributed by atoms with Crippen molar-refractivity contribution in [3.05, 3.63) is 11.4 Å². The number of nitrogens with zero attached hydrogens (tertiary/aromatic N) is 2. The molecule has 0 radical (unpaired) electrons. The number of thioether (sulfide) groups is 1. The lowest BCUT2D eigenvalue weighted by Gasteiger charge is -2.07. The first kappa shape index (κ1) is 9.32. The van der Waals surface area contributed by atoms with Gasteiger partial charge in [-0.2, -0.15) is 0 Å². The highest BCUT2D eigenvalue weighted by atomic mass is 32.2. The van der Waals surface area contributed by atoms with Crippen LogP contribution >= 0.6 is 11.8 Å². The molecule has 0 aliphatic heterocycles. The van der Waals surface area contributed by atoms with E-state index in [9.17, 15) is 0 Å². The fraction of sp³-hybridized carbons (Fsp3) is 0.500. The third kappa shape index (κ3) is 1.69. The lowest BCUT2D eigenvalue weighted by molar-refractivity contribution is 0.942. The monoisotopic (exact) mass is 183 g/mol. The maximum absolute atomic E-state index is 4.31. The van der Waals surface area contributed by atoms with E-state index in [2.05, 4.69) is 15.3 Å². The number of aryl methyl sites for hydroxylation is 1. The summed E-state index contributed by atoms with van der Waals surface area (Å²) in [5.74, 6) is 1.74. The van der Waals surface area contributed by atoms with Gasteiger partial charge in [-0.05, 0) is 20.1 Å². The van der Waals surface area contributed by atoms with Gasteiger partial charge in [0.05, 0.1) is 0 Å². The topological polar surface area (TPSA) is 37.8 Å². The van der Waals surface area contributed by atoms with Crippen molar-refractivity contribution in [1.82, 2.24) is 9.97 Å². The van der Waals surface area contributed by atoms with Gasteiger partial charge in [0, 0.05) is 12.6 Å². The van der Waals surface area contributed by atoms with Crippen LogP contribution in [0.5, 0.6) is 0 Å². The third-order valence-electron chi connectivity index (χ3n) is 1.64. The second kappa shape index (κ2) is 3.76. The van der Waals surface area contributed by atoms with Gasteiger partial charge < -0.3 is 5.32 Å². The van der Waals surface area contributed by atoms with Crippen molar-refractivity contribution in [1.29, 1.82) is 0 Å². The molecule has 1 N–H and O–H groups in total. The molecule has 1 heterocycles. The summed E-state index contributed by atoms with van der Waals surface area (Å²) < 4.78 is 0. The zero-order valence-corrected chi connectivity index (χ0v) is 8.62. The molecule has 12 heavy (non-hydrogen) atoms. The maximum Gasteiger partial charge on any atom is 0.133 e. The first-order valence-electron chi connectivity index (χ1n) is 3.76. The number of anilines is 1. The summed E-state index contributed by atoms with van der Waals surface area (Å²) in [5, 5.41) is 4.09. The summed E-state index contributed by atoms with van der Waals surface area (Å²) in [5.41, 5.74) is 1.12. The van der Waals surface area contributed by atoms with Gasteiger partial charge in [0.1, 0.15) is 16.7 Å². The Bertz CT molecular complexity index is 261. The fourth-order valence-corrected chi connectivity index (χ4v) is 1.67. The summed E-state index contributed by atoms with van der Waals surface area (Å²) >= 11 is 1.65. The smallest absolute Gasteiger partial charge is 0.133 e. The van der Waals surface area contributed by atoms with Crippen LogP contribution in [0.1, 0.15) is 11.4 Å². The van der Waals surface area contributed by atoms with E-state index in [1.807, 2.05) is 27.2 Å². The van der Waals surface area contributed by atoms with Gasteiger partial charge in [-0.3, -0.25) is 0 Å². The van der Waals surface area contributed by atoms with Crippen LogP contribution < -0.4 is 5.32 Å². The molecular formula is C8H13N3S. The molecule has 0 saturated carbocycles. The predicted molar refractivity (Wildman–Crippen MR) is 52.8 cm³/mol. The summed E-state index contributed by atoms with van der Waals surface area (Å²) in [4.78, 5) is 8.58. The molecule has 0 bridgehead atoms. The average Bonchev–Trinajstić information content (AvgIpc) is 2.08. The Morgan fingerprint density at radius 1 is 1.25 bits per heavy atom. The molecule has 1 aromatic rings. The molecular weight excluding hydrogens is 170 g/mol. The van der Waals surface area contributed by atoms with Crippen LogP contribution in [-0.4, -0.2) is 23.3 Å². The molecule has 0 aliphatic rings. The van der Waals surface area contributed by atoms with Gasteiger partial charge in [0.25, 0.3) is 0 Å². The zero-order valence-electron chi connectivity index (χ0n) is 7.80. The molecule has 4 heteroatoms. The first-order chi connectivity index (χ1) is 5.69. The minimum absolute atomic E-state index is 0.814. The first-order valence-corrected chi connectivity index (χ1v) is 4.98. The van der Waals surface area contributed by atoms with E-state index in [0.29, 0.717) is 0 Å². The Labute approximate surface area is 77.0 Å². The van der Waals surface area contributed by atoms with Crippen molar-refractivity contribution in [3.63, 3.8) is 0 Å². The minimum Gasteiger partial charge on any atom is -0.373 e. The van der Waals surface area contributed by atoms with Crippen LogP contribution in [0.2, 0.25) is 0 Å². The maximum atomic E-state index is 4.31. The number of rotatable bonds is 2. The molecule has 0 atom stereocenters. The Hall–Kier alpha value is -0.770. The molecule has 0 saturated heterocycles. The highest BCUT2D eigenvalue weighted by molar-refractivity contribution is 7.98. The van der Waals surface area contributed by atoms with Crippen LogP contribution in [0.15, 0.2) is 5.03 Å². The van der Waals surface area contributed by atoms with E-state index in [-0.39, 0.29) is 0 Å². The molecule has 0 aliphatic carbocycles. The van der Waals surface area contributed by atoms with E-state index >= 15 is 0 Å². The van der Waals surface area contributed by atoms with Gasteiger partial charge in [-0.15, -0.1) is 11.8 Å². The molecule has 0 aromatic carbocycles. The van der Waals surface area contributed by atoms with Gasteiger partial charge >= 0.3 is 0 Å². The van der Waals surface area contributed by atoms with Crippen molar-refractivity contribution >= 4 is 17.6 Å². The fourth-order valence-electron chi connectivity index (χ4n) is 1.04. The van der Waals surface area contributed by atoms with Crippen LogP contribution in [0.25, 0.3) is 0 Å². The molecule has 1 rings (SSSR count). The van der Waals surface area contributed by atoms with Crippen LogP contribution in [0.3, 0.4) is 0 Å². The number of hydrogen-bond donors (Lipinski definition) is 1. The van der Waals surface area contributed by atoms with Gasteiger partial charge in [-0.25, -0.2) is 9.97 Å². The highest BCUT2D eigenvalue weighted by Crippen LogP contribution is 2.22. The zero-order chi connectivity index (χ0) is 9.14. The Balaban J connectivity index is 3.22. The predicted octanol–water partition coefficient (Wildman–Crippen LogP) is 1.86. The molecule has 1 aromatic heterocycles. The number of hydrogen-bond acceptors (Lipinski definition) is 4. The van der Waals surface area contributed by atoms with E-state index in [1.54, 1.807) is 11.8 Å². The molecule has 0 amide bonds. The van der Waals surface area contributed by atoms with Crippen molar-refractivity contribution in [3.8, 4) is 0 Å². The summed E-state index contributed by atoms with van der Waals surface area (Å²) in [6, 6.07) is 0. The lowest BCUT2D eigenvalue weighted by atomic mass is 10.3. The van der Waals surface area contributed by atoms with Gasteiger partial charge in [0.2, 0.25) is 0 Å². The Kier molecular flexibility index (Phi) is 2.92. The van der Waals surface area contributed by atoms with Gasteiger partial charge in [-0.1, -0.05) is 0 Å². The van der Waals surface area contributed by atoms with Crippen molar-refractivity contribution in [2.45, 2.75) is 18.9 Å². The third-order valence-corrected chi connectivity index (χ3v) is 2.43. The second-order valence-corrected chi connectivity index (χ2v) is 3.30. The van der Waals surface area contributed by atoms with Crippen LogP contribution in [-0.2, 0) is 0 Å². The lowest BCUT2D eigenvalue weighted by Crippen LogP contribution is -2.01.